The van der Waals surface area contributed by atoms with Crippen molar-refractivity contribution in [2.24, 2.45) is 5.73 Å². The molecular weight excluding hydrogens is 166 g/mol. The summed E-state index contributed by atoms with van der Waals surface area (Å²) < 4.78 is 0. The van der Waals surface area contributed by atoms with E-state index in [1.54, 1.807) is 0 Å². The molecule has 0 aliphatic carbocycles. The average molecular weight is 185 g/mol. The zero-order valence-electron chi connectivity index (χ0n) is 8.25. The summed E-state index contributed by atoms with van der Waals surface area (Å²) in [5.74, 6) is 0.103. The third kappa shape index (κ3) is 2.97. The minimum absolute atomic E-state index is 0.103. The van der Waals surface area contributed by atoms with Crippen molar-refractivity contribution in [3.8, 4) is 0 Å². The Hall–Kier alpha value is -0.610. The molecule has 1 saturated heterocycles. The number of amides is 1. The van der Waals surface area contributed by atoms with E-state index in [1.165, 1.54) is 0 Å². The second-order valence-corrected chi connectivity index (χ2v) is 3.44. The number of nitrogens with one attached hydrogen (secondary N) is 1. The number of nitrogens with two attached hydrogens (primary N) is 1. The van der Waals surface area contributed by atoms with Gasteiger partial charge in [0.25, 0.3) is 0 Å². The molecule has 1 heterocycles. The first-order valence-corrected chi connectivity index (χ1v) is 5.00. The van der Waals surface area contributed by atoms with Crippen LogP contribution >= 0.6 is 0 Å². The van der Waals surface area contributed by atoms with Crippen LogP contribution in [0.25, 0.3) is 0 Å². The Morgan fingerprint density at radius 3 is 3.00 bits per heavy atom. The second kappa shape index (κ2) is 5.19. The maximum absolute atomic E-state index is 11.7. The first-order valence-electron chi connectivity index (χ1n) is 5.00. The van der Waals surface area contributed by atoms with E-state index in [-0.39, 0.29) is 11.9 Å². The highest BCUT2D eigenvalue weighted by Crippen LogP contribution is 2.00. The van der Waals surface area contributed by atoms with Crippen LogP contribution < -0.4 is 11.1 Å². The summed E-state index contributed by atoms with van der Waals surface area (Å²) in [6, 6.07) is -0.307. The normalized spacial score (nSPS) is 20.9. The first-order chi connectivity index (χ1) is 6.25. The van der Waals surface area contributed by atoms with Crippen LogP contribution in [0.3, 0.4) is 0 Å². The van der Waals surface area contributed by atoms with Crippen molar-refractivity contribution >= 4 is 5.91 Å². The Morgan fingerprint density at radius 2 is 2.31 bits per heavy atom. The molecule has 1 rings (SSSR count). The Kier molecular flexibility index (Phi) is 4.18. The van der Waals surface area contributed by atoms with Gasteiger partial charge in [0.15, 0.2) is 0 Å². The van der Waals surface area contributed by atoms with Crippen LogP contribution in [-0.4, -0.2) is 43.0 Å². The molecule has 1 amide bonds. The zero-order valence-corrected chi connectivity index (χ0v) is 8.25. The fourth-order valence-electron chi connectivity index (χ4n) is 1.48. The SMILES string of the molecule is CC[C@H](N)C(=O)N1CCCNCC1. The summed E-state index contributed by atoms with van der Waals surface area (Å²) in [6.45, 7) is 5.48. The highest BCUT2D eigenvalue weighted by atomic mass is 16.2. The molecule has 4 nitrogen and oxygen atoms in total. The van der Waals surface area contributed by atoms with E-state index in [0.29, 0.717) is 0 Å². The predicted molar refractivity (Wildman–Crippen MR) is 52.3 cm³/mol. The van der Waals surface area contributed by atoms with Gasteiger partial charge in [-0.15, -0.1) is 0 Å². The van der Waals surface area contributed by atoms with Crippen LogP contribution in [0, 0.1) is 0 Å². The molecule has 1 fully saturated rings. The summed E-state index contributed by atoms with van der Waals surface area (Å²) >= 11 is 0. The van der Waals surface area contributed by atoms with E-state index in [1.807, 2.05) is 11.8 Å². The molecule has 0 unspecified atom stereocenters. The summed E-state index contributed by atoms with van der Waals surface area (Å²) in [6.07, 6.45) is 1.75. The molecule has 1 aliphatic heterocycles. The van der Waals surface area contributed by atoms with Crippen molar-refractivity contribution < 1.29 is 4.79 Å². The van der Waals surface area contributed by atoms with Gasteiger partial charge in [0.2, 0.25) is 5.91 Å². The van der Waals surface area contributed by atoms with Gasteiger partial charge in [0.05, 0.1) is 6.04 Å². The molecule has 76 valence electrons. The number of hydrogen-bond donors (Lipinski definition) is 2. The Labute approximate surface area is 79.5 Å². The molecule has 0 spiro atoms. The fourth-order valence-corrected chi connectivity index (χ4v) is 1.48. The van der Waals surface area contributed by atoms with Gasteiger partial charge in [0, 0.05) is 19.6 Å². The molecule has 13 heavy (non-hydrogen) atoms. The highest BCUT2D eigenvalue weighted by molar-refractivity contribution is 5.81. The van der Waals surface area contributed by atoms with E-state index in [0.717, 1.165) is 39.0 Å². The number of hydrogen-bond acceptors (Lipinski definition) is 3. The van der Waals surface area contributed by atoms with Crippen molar-refractivity contribution in [1.82, 2.24) is 10.2 Å². The van der Waals surface area contributed by atoms with Gasteiger partial charge in [-0.3, -0.25) is 4.79 Å². The van der Waals surface area contributed by atoms with Crippen LogP contribution in [-0.2, 0) is 4.79 Å². The van der Waals surface area contributed by atoms with Crippen molar-refractivity contribution in [3.05, 3.63) is 0 Å². The lowest BCUT2D eigenvalue weighted by Gasteiger charge is -2.22. The molecule has 0 saturated carbocycles. The lowest BCUT2D eigenvalue weighted by Crippen LogP contribution is -2.44. The van der Waals surface area contributed by atoms with Crippen LogP contribution in [0.1, 0.15) is 19.8 Å². The van der Waals surface area contributed by atoms with Gasteiger partial charge in [-0.1, -0.05) is 6.92 Å². The quantitative estimate of drug-likeness (QED) is 0.612. The van der Waals surface area contributed by atoms with E-state index in [2.05, 4.69) is 5.32 Å². The van der Waals surface area contributed by atoms with Crippen molar-refractivity contribution in [2.45, 2.75) is 25.8 Å². The molecule has 0 aromatic heterocycles. The van der Waals surface area contributed by atoms with E-state index < -0.39 is 0 Å². The Bertz CT molecular complexity index is 164. The maximum Gasteiger partial charge on any atom is 0.239 e. The molecule has 1 aliphatic rings. The maximum atomic E-state index is 11.7. The number of carbonyl (C=O) groups excluding carboxylic acids is 1. The molecule has 0 aromatic carbocycles. The average Bonchev–Trinajstić information content (AvgIpc) is 2.43. The lowest BCUT2D eigenvalue weighted by atomic mass is 10.2. The smallest absolute Gasteiger partial charge is 0.239 e. The first kappa shape index (κ1) is 10.5. The lowest BCUT2D eigenvalue weighted by molar-refractivity contribution is -0.132. The van der Waals surface area contributed by atoms with Crippen molar-refractivity contribution in [3.63, 3.8) is 0 Å². The predicted octanol–water partition coefficient (Wildman–Crippen LogP) is -0.454. The monoisotopic (exact) mass is 185 g/mol. The van der Waals surface area contributed by atoms with Gasteiger partial charge in [-0.2, -0.15) is 0 Å². The topological polar surface area (TPSA) is 58.4 Å². The molecule has 1 atom stereocenters. The Balaban J connectivity index is 2.43. The van der Waals surface area contributed by atoms with Crippen molar-refractivity contribution in [2.75, 3.05) is 26.2 Å². The standard InChI is InChI=1S/C9H19N3O/c1-2-8(10)9(13)12-6-3-4-11-5-7-12/h8,11H,2-7,10H2,1H3/t8-/m0/s1. The zero-order chi connectivity index (χ0) is 9.68. The molecule has 0 aromatic rings. The van der Waals surface area contributed by atoms with Crippen LogP contribution in [0.5, 0.6) is 0 Å². The van der Waals surface area contributed by atoms with Gasteiger partial charge in [-0.25, -0.2) is 0 Å². The van der Waals surface area contributed by atoms with Crippen LogP contribution in [0.2, 0.25) is 0 Å². The second-order valence-electron chi connectivity index (χ2n) is 3.44. The molecule has 0 radical (unpaired) electrons. The van der Waals surface area contributed by atoms with E-state index in [4.69, 9.17) is 5.73 Å². The number of carbonyl (C=O) groups is 1. The molecule has 3 N–H and O–H groups in total. The Morgan fingerprint density at radius 1 is 1.54 bits per heavy atom. The number of nitrogens with zero attached hydrogens (tertiary/aromatic N) is 1. The van der Waals surface area contributed by atoms with Gasteiger partial charge < -0.3 is 16.0 Å². The van der Waals surface area contributed by atoms with Gasteiger partial charge in [-0.05, 0) is 19.4 Å². The van der Waals surface area contributed by atoms with Gasteiger partial charge >= 0.3 is 0 Å². The number of rotatable bonds is 2. The third-order valence-corrected chi connectivity index (χ3v) is 2.41. The minimum atomic E-state index is -0.307. The molecule has 0 bridgehead atoms. The molecule has 4 heteroatoms. The fraction of sp³-hybridized carbons (Fsp3) is 0.889. The largest absolute Gasteiger partial charge is 0.340 e. The third-order valence-electron chi connectivity index (χ3n) is 2.41. The van der Waals surface area contributed by atoms with Crippen LogP contribution in [0.4, 0.5) is 0 Å². The van der Waals surface area contributed by atoms with Gasteiger partial charge in [0.1, 0.15) is 0 Å². The van der Waals surface area contributed by atoms with E-state index >= 15 is 0 Å². The van der Waals surface area contributed by atoms with Crippen LogP contribution in [0.15, 0.2) is 0 Å². The highest BCUT2D eigenvalue weighted by Gasteiger charge is 2.19. The minimum Gasteiger partial charge on any atom is -0.340 e. The summed E-state index contributed by atoms with van der Waals surface area (Å²) in [5.41, 5.74) is 5.69. The molecular formula is C9H19N3O. The van der Waals surface area contributed by atoms with E-state index in [9.17, 15) is 4.79 Å². The van der Waals surface area contributed by atoms with Crippen molar-refractivity contribution in [1.29, 1.82) is 0 Å². The summed E-state index contributed by atoms with van der Waals surface area (Å²) in [4.78, 5) is 13.5. The summed E-state index contributed by atoms with van der Waals surface area (Å²) in [5, 5.41) is 3.25. The summed E-state index contributed by atoms with van der Waals surface area (Å²) in [7, 11) is 0.